The quantitative estimate of drug-likeness (QED) is 0.559. The van der Waals surface area contributed by atoms with Gasteiger partial charge in [-0.2, -0.15) is 13.2 Å². The number of hydrogen-bond donors (Lipinski definition) is 1. The summed E-state index contributed by atoms with van der Waals surface area (Å²) in [7, 11) is 0. The fourth-order valence-corrected chi connectivity index (χ4v) is 1.24. The normalized spacial score (nSPS) is 15.1. The van der Waals surface area contributed by atoms with Crippen molar-refractivity contribution in [2.75, 3.05) is 13.2 Å². The number of allylic oxidation sites excluding steroid dienone is 1. The molecular formula is C11H18F3NO2. The van der Waals surface area contributed by atoms with E-state index in [4.69, 9.17) is 4.74 Å². The van der Waals surface area contributed by atoms with Gasteiger partial charge in [0.25, 0.3) is 0 Å². The summed E-state index contributed by atoms with van der Waals surface area (Å²) in [5.41, 5.74) is -1.33. The van der Waals surface area contributed by atoms with Gasteiger partial charge in [0, 0.05) is 0 Å². The topological polar surface area (TPSA) is 38.3 Å². The molecule has 0 aromatic carbocycles. The van der Waals surface area contributed by atoms with Crippen molar-refractivity contribution in [1.82, 2.24) is 5.32 Å². The number of carbonyl (C=O) groups excluding carboxylic acids is 1. The first-order valence-corrected chi connectivity index (χ1v) is 5.35. The molecule has 100 valence electrons. The van der Waals surface area contributed by atoms with Crippen LogP contribution in [0.2, 0.25) is 0 Å². The molecule has 0 saturated carbocycles. The molecule has 0 heterocycles. The van der Waals surface area contributed by atoms with Gasteiger partial charge in [0.15, 0.2) is 0 Å². The average molecular weight is 253 g/mol. The number of carbonyl (C=O) groups is 1. The van der Waals surface area contributed by atoms with Crippen LogP contribution in [0.4, 0.5) is 13.2 Å². The maximum atomic E-state index is 12.1. The smallest absolute Gasteiger partial charge is 0.401 e. The fraction of sp³-hybridized carbons (Fsp3) is 0.727. The van der Waals surface area contributed by atoms with E-state index in [0.29, 0.717) is 6.42 Å². The predicted octanol–water partition coefficient (Wildman–Crippen LogP) is 2.43. The minimum atomic E-state index is -4.36. The Labute approximate surface area is 99.0 Å². The van der Waals surface area contributed by atoms with Crippen molar-refractivity contribution in [3.8, 4) is 0 Å². The molecule has 0 aliphatic rings. The Kier molecular flexibility index (Phi) is 6.23. The molecular weight excluding hydrogens is 235 g/mol. The molecule has 0 bridgehead atoms. The monoisotopic (exact) mass is 253 g/mol. The van der Waals surface area contributed by atoms with Crippen molar-refractivity contribution in [2.24, 2.45) is 0 Å². The van der Waals surface area contributed by atoms with Crippen LogP contribution in [0.15, 0.2) is 12.7 Å². The standard InChI is InChI=1S/C11H18F3NO2/c1-4-6-7-10(3,9(16)17-5-2)15-8-11(12,13)14/h4,15H,1,5-8H2,2-3H3. The Hall–Kier alpha value is -1.04. The fourth-order valence-electron chi connectivity index (χ4n) is 1.24. The van der Waals surface area contributed by atoms with Crippen molar-refractivity contribution < 1.29 is 22.7 Å². The molecule has 0 aliphatic carbocycles. The van der Waals surface area contributed by atoms with Gasteiger partial charge in [-0.1, -0.05) is 6.08 Å². The number of halogens is 3. The Balaban J connectivity index is 4.59. The average Bonchev–Trinajstić information content (AvgIpc) is 2.23. The molecule has 0 rings (SSSR count). The molecule has 0 amide bonds. The maximum absolute atomic E-state index is 12.1. The number of ether oxygens (including phenoxy) is 1. The van der Waals surface area contributed by atoms with Gasteiger partial charge in [-0.05, 0) is 26.7 Å². The van der Waals surface area contributed by atoms with Crippen LogP contribution >= 0.6 is 0 Å². The number of hydrogen-bond acceptors (Lipinski definition) is 3. The molecule has 6 heteroatoms. The molecule has 0 aromatic heterocycles. The van der Waals surface area contributed by atoms with Crippen LogP contribution in [0.3, 0.4) is 0 Å². The van der Waals surface area contributed by atoms with Crippen LogP contribution < -0.4 is 5.32 Å². The van der Waals surface area contributed by atoms with Gasteiger partial charge in [-0.3, -0.25) is 10.1 Å². The van der Waals surface area contributed by atoms with Crippen molar-refractivity contribution in [3.63, 3.8) is 0 Å². The van der Waals surface area contributed by atoms with E-state index in [1.54, 1.807) is 13.0 Å². The lowest BCUT2D eigenvalue weighted by molar-refractivity contribution is -0.155. The molecule has 0 aliphatic heterocycles. The van der Waals surface area contributed by atoms with Gasteiger partial charge >= 0.3 is 12.1 Å². The second-order valence-corrected chi connectivity index (χ2v) is 3.85. The first-order chi connectivity index (χ1) is 7.75. The summed E-state index contributed by atoms with van der Waals surface area (Å²) in [5, 5.41) is 2.21. The molecule has 0 saturated heterocycles. The Morgan fingerprint density at radius 3 is 2.47 bits per heavy atom. The zero-order valence-electron chi connectivity index (χ0n) is 10.1. The lowest BCUT2D eigenvalue weighted by Gasteiger charge is -2.28. The van der Waals surface area contributed by atoms with E-state index >= 15 is 0 Å². The molecule has 17 heavy (non-hydrogen) atoms. The van der Waals surface area contributed by atoms with E-state index in [0.717, 1.165) is 0 Å². The van der Waals surface area contributed by atoms with Gasteiger partial charge in [-0.25, -0.2) is 0 Å². The van der Waals surface area contributed by atoms with Gasteiger partial charge < -0.3 is 4.74 Å². The third-order valence-corrected chi connectivity index (χ3v) is 2.25. The molecule has 0 spiro atoms. The highest BCUT2D eigenvalue weighted by Gasteiger charge is 2.38. The second-order valence-electron chi connectivity index (χ2n) is 3.85. The third kappa shape index (κ3) is 6.31. The van der Waals surface area contributed by atoms with Crippen LogP contribution in [0, 0.1) is 0 Å². The molecule has 1 N–H and O–H groups in total. The largest absolute Gasteiger partial charge is 0.465 e. The number of rotatable bonds is 7. The highest BCUT2D eigenvalue weighted by atomic mass is 19.4. The summed E-state index contributed by atoms with van der Waals surface area (Å²) in [4.78, 5) is 11.6. The third-order valence-electron chi connectivity index (χ3n) is 2.25. The van der Waals surface area contributed by atoms with Crippen LogP contribution in [0.25, 0.3) is 0 Å². The van der Waals surface area contributed by atoms with Crippen molar-refractivity contribution >= 4 is 5.97 Å². The van der Waals surface area contributed by atoms with E-state index in [1.165, 1.54) is 6.92 Å². The van der Waals surface area contributed by atoms with Gasteiger partial charge in [-0.15, -0.1) is 6.58 Å². The van der Waals surface area contributed by atoms with E-state index in [1.807, 2.05) is 0 Å². The van der Waals surface area contributed by atoms with Crippen molar-refractivity contribution in [1.29, 1.82) is 0 Å². The van der Waals surface area contributed by atoms with E-state index in [2.05, 4.69) is 11.9 Å². The Morgan fingerprint density at radius 2 is 2.06 bits per heavy atom. The summed E-state index contributed by atoms with van der Waals surface area (Å²) in [6.07, 6.45) is -2.17. The Bertz CT molecular complexity index is 266. The summed E-state index contributed by atoms with van der Waals surface area (Å²) in [5.74, 6) is -0.675. The molecule has 0 radical (unpaired) electrons. The zero-order valence-corrected chi connectivity index (χ0v) is 10.1. The number of alkyl halides is 3. The summed E-state index contributed by atoms with van der Waals surface area (Å²) in [6.45, 7) is 5.40. The van der Waals surface area contributed by atoms with Crippen LogP contribution in [-0.4, -0.2) is 30.8 Å². The summed E-state index contributed by atoms with van der Waals surface area (Å²) >= 11 is 0. The minimum absolute atomic E-state index is 0.135. The molecule has 1 atom stereocenters. The number of esters is 1. The first kappa shape index (κ1) is 16.0. The molecule has 1 unspecified atom stereocenters. The lowest BCUT2D eigenvalue weighted by atomic mass is 9.95. The number of nitrogens with one attached hydrogen (secondary N) is 1. The van der Waals surface area contributed by atoms with Gasteiger partial charge in [0.1, 0.15) is 5.54 Å². The lowest BCUT2D eigenvalue weighted by Crippen LogP contribution is -2.53. The predicted molar refractivity (Wildman–Crippen MR) is 58.5 cm³/mol. The second kappa shape index (κ2) is 6.64. The zero-order chi connectivity index (χ0) is 13.5. The van der Waals surface area contributed by atoms with Crippen LogP contribution in [-0.2, 0) is 9.53 Å². The Morgan fingerprint density at radius 1 is 1.47 bits per heavy atom. The minimum Gasteiger partial charge on any atom is -0.465 e. The molecule has 0 fully saturated rings. The van der Waals surface area contributed by atoms with Crippen LogP contribution in [0.1, 0.15) is 26.7 Å². The van der Waals surface area contributed by atoms with E-state index in [9.17, 15) is 18.0 Å². The molecule has 3 nitrogen and oxygen atoms in total. The van der Waals surface area contributed by atoms with Gasteiger partial charge in [0.05, 0.1) is 13.2 Å². The van der Waals surface area contributed by atoms with Crippen molar-refractivity contribution in [2.45, 2.75) is 38.4 Å². The van der Waals surface area contributed by atoms with E-state index in [-0.39, 0.29) is 13.0 Å². The highest BCUT2D eigenvalue weighted by Crippen LogP contribution is 2.19. The van der Waals surface area contributed by atoms with Crippen LogP contribution in [0.5, 0.6) is 0 Å². The molecule has 0 aromatic rings. The summed E-state index contributed by atoms with van der Waals surface area (Å²) in [6, 6.07) is 0. The maximum Gasteiger partial charge on any atom is 0.401 e. The van der Waals surface area contributed by atoms with Crippen molar-refractivity contribution in [3.05, 3.63) is 12.7 Å². The highest BCUT2D eigenvalue weighted by molar-refractivity contribution is 5.80. The van der Waals surface area contributed by atoms with Gasteiger partial charge in [0.2, 0.25) is 0 Å². The summed E-state index contributed by atoms with van der Waals surface area (Å²) < 4.78 is 41.1. The SMILES string of the molecule is C=CCCC(C)(NCC(F)(F)F)C(=O)OCC. The first-order valence-electron chi connectivity index (χ1n) is 5.35. The van der Waals surface area contributed by atoms with E-state index < -0.39 is 24.2 Å².